The van der Waals surface area contributed by atoms with Crippen LogP contribution in [0.4, 0.5) is 10.6 Å². The van der Waals surface area contributed by atoms with E-state index in [1.54, 1.807) is 18.2 Å². The molecule has 3 atom stereocenters. The normalized spacial score (nSPS) is 27.5. The number of aromatic nitrogens is 1. The van der Waals surface area contributed by atoms with Crippen LogP contribution >= 0.6 is 0 Å². The largest absolute Gasteiger partial charge is 0.508 e. The van der Waals surface area contributed by atoms with Crippen molar-refractivity contribution in [1.29, 1.82) is 0 Å². The van der Waals surface area contributed by atoms with Gasteiger partial charge in [0.2, 0.25) is 0 Å². The number of carbonyl (C=O) groups excluding carboxylic acids is 1. The third-order valence-corrected chi connectivity index (χ3v) is 5.54. The minimum Gasteiger partial charge on any atom is -0.508 e. The molecule has 5 rings (SSSR count). The molecule has 2 amide bonds. The average Bonchev–Trinajstić information content (AvgIpc) is 3.47. The molecule has 2 aromatic rings. The summed E-state index contributed by atoms with van der Waals surface area (Å²) in [6, 6.07) is 6.21. The van der Waals surface area contributed by atoms with Crippen molar-refractivity contribution in [2.24, 2.45) is 11.3 Å². The fraction of sp³-hybridized carbons (Fsp3) is 0.278. The maximum absolute atomic E-state index is 11.4. The number of carbonyl (C=O) groups is 2. The number of aliphatic carboxylic acids is 1. The van der Waals surface area contributed by atoms with Crippen molar-refractivity contribution in [2.75, 3.05) is 5.32 Å². The number of anilines is 1. The molecule has 0 saturated heterocycles. The van der Waals surface area contributed by atoms with E-state index >= 15 is 0 Å². The molecule has 2 heterocycles. The van der Waals surface area contributed by atoms with E-state index in [1.165, 1.54) is 12.3 Å². The summed E-state index contributed by atoms with van der Waals surface area (Å²) in [5.41, 5.74) is 0.633. The lowest BCUT2D eigenvalue weighted by molar-refractivity contribution is -0.141. The molecule has 2 fully saturated rings. The fourth-order valence-corrected chi connectivity index (χ4v) is 3.92. The van der Waals surface area contributed by atoms with Gasteiger partial charge in [0.1, 0.15) is 23.1 Å². The summed E-state index contributed by atoms with van der Waals surface area (Å²) in [5.74, 6) is 0.704. The van der Waals surface area contributed by atoms with Crippen LogP contribution in [0.15, 0.2) is 30.5 Å². The highest BCUT2D eigenvalue weighted by Crippen LogP contribution is 2.85. The summed E-state index contributed by atoms with van der Waals surface area (Å²) < 4.78 is 5.94. The molecule has 1 aliphatic heterocycles. The van der Waals surface area contributed by atoms with Gasteiger partial charge >= 0.3 is 12.0 Å². The van der Waals surface area contributed by atoms with Crippen LogP contribution in [0.5, 0.6) is 17.2 Å². The molecule has 4 N–H and O–H groups in total. The summed E-state index contributed by atoms with van der Waals surface area (Å²) >= 11 is 0. The topological polar surface area (TPSA) is 121 Å². The minimum absolute atomic E-state index is 0.0841. The van der Waals surface area contributed by atoms with Gasteiger partial charge in [0, 0.05) is 17.7 Å². The van der Waals surface area contributed by atoms with Gasteiger partial charge in [0.05, 0.1) is 17.5 Å². The van der Waals surface area contributed by atoms with Crippen LogP contribution in [0.2, 0.25) is 0 Å². The van der Waals surface area contributed by atoms with Gasteiger partial charge in [-0.05, 0) is 36.6 Å². The number of carboxylic acid groups (broad SMARTS) is 1. The highest BCUT2D eigenvalue weighted by atomic mass is 16.5. The van der Waals surface area contributed by atoms with E-state index in [1.807, 2.05) is 0 Å². The highest BCUT2D eigenvalue weighted by Gasteiger charge is 2.84. The van der Waals surface area contributed by atoms with Crippen molar-refractivity contribution < 1.29 is 24.5 Å². The van der Waals surface area contributed by atoms with E-state index in [2.05, 4.69) is 15.6 Å². The molecular formula is C18H15N3O5. The van der Waals surface area contributed by atoms with Crippen LogP contribution in [0.25, 0.3) is 0 Å². The van der Waals surface area contributed by atoms with E-state index in [0.29, 0.717) is 35.8 Å². The zero-order valence-corrected chi connectivity index (χ0v) is 13.5. The van der Waals surface area contributed by atoms with Crippen LogP contribution in [-0.2, 0) is 11.3 Å². The van der Waals surface area contributed by atoms with Crippen molar-refractivity contribution in [3.05, 3.63) is 41.6 Å². The van der Waals surface area contributed by atoms with E-state index in [-0.39, 0.29) is 23.6 Å². The molecule has 3 aliphatic rings. The molecule has 2 saturated carbocycles. The zero-order valence-electron chi connectivity index (χ0n) is 13.5. The summed E-state index contributed by atoms with van der Waals surface area (Å²) in [6.07, 6.45) is 2.21. The molecule has 26 heavy (non-hydrogen) atoms. The number of hydrogen-bond acceptors (Lipinski definition) is 5. The van der Waals surface area contributed by atoms with Crippen molar-refractivity contribution in [1.82, 2.24) is 10.3 Å². The summed E-state index contributed by atoms with van der Waals surface area (Å²) in [7, 11) is 0. The molecule has 1 aromatic carbocycles. The second kappa shape index (κ2) is 4.87. The van der Waals surface area contributed by atoms with E-state index < -0.39 is 11.4 Å². The van der Waals surface area contributed by atoms with Crippen LogP contribution < -0.4 is 15.4 Å². The second-order valence-corrected chi connectivity index (χ2v) is 6.90. The third-order valence-electron chi connectivity index (χ3n) is 5.54. The Kier molecular flexibility index (Phi) is 2.81. The Bertz CT molecular complexity index is 975. The van der Waals surface area contributed by atoms with Gasteiger partial charge in [0.25, 0.3) is 0 Å². The predicted molar refractivity (Wildman–Crippen MR) is 89.2 cm³/mol. The van der Waals surface area contributed by atoms with Crippen molar-refractivity contribution >= 4 is 17.8 Å². The Balaban J connectivity index is 1.45. The number of benzene rings is 1. The highest BCUT2D eigenvalue weighted by molar-refractivity contribution is 5.91. The fourth-order valence-electron chi connectivity index (χ4n) is 3.92. The number of nitrogens with one attached hydrogen (secondary N) is 2. The maximum Gasteiger partial charge on any atom is 0.320 e. The van der Waals surface area contributed by atoms with Gasteiger partial charge in [-0.25, -0.2) is 9.78 Å². The SMILES string of the molecule is O=C1NCc2c(Oc3ccc(O)c([C@@H]4[C@@H]5C[C@@]45C(=O)O)c3)ccnc2N1. The van der Waals surface area contributed by atoms with Gasteiger partial charge in [-0.2, -0.15) is 0 Å². The first kappa shape index (κ1) is 15.0. The monoisotopic (exact) mass is 353 g/mol. The Morgan fingerprint density at radius 1 is 1.35 bits per heavy atom. The van der Waals surface area contributed by atoms with Crippen LogP contribution in [0, 0.1) is 11.3 Å². The number of hydrogen-bond donors (Lipinski definition) is 4. The van der Waals surface area contributed by atoms with Crippen molar-refractivity contribution in [2.45, 2.75) is 18.9 Å². The lowest BCUT2D eigenvalue weighted by Crippen LogP contribution is -2.34. The van der Waals surface area contributed by atoms with Crippen LogP contribution in [0.1, 0.15) is 23.5 Å². The first-order valence-electron chi connectivity index (χ1n) is 8.27. The van der Waals surface area contributed by atoms with E-state index in [9.17, 15) is 19.8 Å². The van der Waals surface area contributed by atoms with Crippen molar-refractivity contribution in [3.8, 4) is 17.2 Å². The lowest BCUT2D eigenvalue weighted by atomic mass is 9.96. The first-order valence-corrected chi connectivity index (χ1v) is 8.27. The van der Waals surface area contributed by atoms with Gasteiger partial charge in [-0.15, -0.1) is 0 Å². The Hall–Kier alpha value is -3.29. The van der Waals surface area contributed by atoms with Gasteiger partial charge in [0.15, 0.2) is 0 Å². The first-order chi connectivity index (χ1) is 12.5. The maximum atomic E-state index is 11.4. The number of phenolic OH excluding ortho intramolecular Hbond substituents is 1. The predicted octanol–water partition coefficient (Wildman–Crippen LogP) is 2.40. The number of phenols is 1. The summed E-state index contributed by atoms with van der Waals surface area (Å²) in [4.78, 5) is 27.0. The number of carboxylic acids is 1. The standard InChI is InChI=1S/C18H15N3O5/c22-12-2-1-8(5-9(12)14-11-6-18(11,14)16(23)24)26-13-3-4-19-15-10(13)7-20-17(25)21-15/h1-5,11,14,22H,6-7H2,(H,23,24)(H2,19,20,21,25)/t11-,14+,18-/m0/s1. The Morgan fingerprint density at radius 2 is 2.19 bits per heavy atom. The molecule has 0 radical (unpaired) electrons. The number of fused-ring (bicyclic) bond motifs is 2. The Morgan fingerprint density at radius 3 is 2.92 bits per heavy atom. The van der Waals surface area contributed by atoms with E-state index in [0.717, 1.165) is 5.56 Å². The van der Waals surface area contributed by atoms with E-state index in [4.69, 9.17) is 4.74 Å². The molecule has 132 valence electrons. The molecule has 0 unspecified atom stereocenters. The number of nitrogens with zero attached hydrogens (tertiary/aromatic N) is 1. The molecule has 8 nitrogen and oxygen atoms in total. The van der Waals surface area contributed by atoms with Gasteiger partial charge < -0.3 is 20.3 Å². The second-order valence-electron chi connectivity index (χ2n) is 6.90. The molecule has 1 aromatic heterocycles. The van der Waals surface area contributed by atoms with Gasteiger partial charge in [-0.3, -0.25) is 10.1 Å². The number of amides is 2. The smallest absolute Gasteiger partial charge is 0.320 e. The number of ether oxygens (including phenoxy) is 1. The minimum atomic E-state index is -0.803. The Labute approximate surface area is 147 Å². The summed E-state index contributed by atoms with van der Waals surface area (Å²) in [5, 5.41) is 24.8. The van der Waals surface area contributed by atoms with Gasteiger partial charge in [-0.1, -0.05) is 0 Å². The van der Waals surface area contributed by atoms with Crippen LogP contribution in [-0.4, -0.2) is 27.2 Å². The number of urea groups is 1. The number of rotatable bonds is 4. The average molecular weight is 353 g/mol. The lowest BCUT2D eigenvalue weighted by Gasteiger charge is -2.20. The molecule has 0 spiro atoms. The quantitative estimate of drug-likeness (QED) is 0.670. The van der Waals surface area contributed by atoms with Crippen LogP contribution in [0.3, 0.4) is 0 Å². The van der Waals surface area contributed by atoms with Crippen molar-refractivity contribution in [3.63, 3.8) is 0 Å². The zero-order chi connectivity index (χ0) is 18.1. The third kappa shape index (κ3) is 1.98. The molecule has 0 bridgehead atoms. The number of aromatic hydroxyl groups is 1. The summed E-state index contributed by atoms with van der Waals surface area (Å²) in [6.45, 7) is 0.294. The molecule has 8 heteroatoms. The number of pyridine rings is 1. The molecule has 2 aliphatic carbocycles. The molecular weight excluding hydrogens is 338 g/mol.